The lowest BCUT2D eigenvalue weighted by molar-refractivity contribution is 0.249. The van der Waals surface area contributed by atoms with Crippen LogP contribution in [0.25, 0.3) is 11.3 Å². The first-order chi connectivity index (χ1) is 10.4. The summed E-state index contributed by atoms with van der Waals surface area (Å²) in [5.74, 6) is 2.53. The van der Waals surface area contributed by atoms with Crippen LogP contribution in [-0.2, 0) is 0 Å². The van der Waals surface area contributed by atoms with Crippen LogP contribution in [0.2, 0.25) is 0 Å². The van der Waals surface area contributed by atoms with Crippen molar-refractivity contribution in [1.82, 2.24) is 15.5 Å². The largest absolute Gasteiger partial charge is 0.354 e. The second-order valence-electron chi connectivity index (χ2n) is 6.17. The predicted molar refractivity (Wildman–Crippen MR) is 84.1 cm³/mol. The highest BCUT2D eigenvalue weighted by molar-refractivity contribution is 5.59. The number of fused-ring (bicyclic) bond motifs is 2. The summed E-state index contributed by atoms with van der Waals surface area (Å²) in [5.41, 5.74) is 2.06. The van der Waals surface area contributed by atoms with Crippen LogP contribution >= 0.6 is 0 Å². The maximum absolute atomic E-state index is 4.46. The molecule has 2 aliphatic heterocycles. The molecule has 0 spiro atoms. The van der Waals surface area contributed by atoms with E-state index >= 15 is 0 Å². The van der Waals surface area contributed by atoms with Crippen LogP contribution < -0.4 is 10.2 Å². The summed E-state index contributed by atoms with van der Waals surface area (Å²) in [6, 6.07) is 14.4. The first-order valence-electron chi connectivity index (χ1n) is 7.73. The summed E-state index contributed by atoms with van der Waals surface area (Å²) < 4.78 is 0. The SMILES string of the molecule is c1ccc(-c2ccc(N3CC4CNCC(C4)C3)nn2)cc1. The minimum atomic E-state index is 0.757. The van der Waals surface area contributed by atoms with Gasteiger partial charge in [0.1, 0.15) is 0 Å². The fraction of sp³-hybridized carbons (Fsp3) is 0.412. The van der Waals surface area contributed by atoms with E-state index in [1.165, 1.54) is 6.42 Å². The van der Waals surface area contributed by atoms with Gasteiger partial charge >= 0.3 is 0 Å². The first kappa shape index (κ1) is 12.8. The number of piperidine rings is 2. The molecule has 108 valence electrons. The van der Waals surface area contributed by atoms with Gasteiger partial charge in [-0.25, -0.2) is 0 Å². The zero-order chi connectivity index (χ0) is 14.1. The highest BCUT2D eigenvalue weighted by atomic mass is 15.3. The fourth-order valence-corrected chi connectivity index (χ4v) is 3.55. The van der Waals surface area contributed by atoms with Crippen LogP contribution in [0.3, 0.4) is 0 Å². The Morgan fingerprint density at radius 2 is 1.67 bits per heavy atom. The maximum Gasteiger partial charge on any atom is 0.151 e. The van der Waals surface area contributed by atoms with Crippen molar-refractivity contribution >= 4 is 5.82 Å². The van der Waals surface area contributed by atoms with Crippen LogP contribution in [0.15, 0.2) is 42.5 Å². The van der Waals surface area contributed by atoms with Crippen molar-refractivity contribution in [3.8, 4) is 11.3 Å². The molecule has 2 bridgehead atoms. The van der Waals surface area contributed by atoms with Gasteiger partial charge in [-0.1, -0.05) is 30.3 Å². The van der Waals surface area contributed by atoms with E-state index in [1.54, 1.807) is 0 Å². The highest BCUT2D eigenvalue weighted by Gasteiger charge is 2.30. The van der Waals surface area contributed by atoms with Gasteiger partial charge < -0.3 is 10.2 Å². The lowest BCUT2D eigenvalue weighted by Crippen LogP contribution is -2.51. The molecule has 2 saturated heterocycles. The van der Waals surface area contributed by atoms with E-state index in [9.17, 15) is 0 Å². The summed E-state index contributed by atoms with van der Waals surface area (Å²) in [7, 11) is 0. The summed E-state index contributed by atoms with van der Waals surface area (Å²) >= 11 is 0. The number of hydrogen-bond acceptors (Lipinski definition) is 4. The third-order valence-electron chi connectivity index (χ3n) is 4.53. The van der Waals surface area contributed by atoms with E-state index in [0.717, 1.165) is 55.1 Å². The van der Waals surface area contributed by atoms with E-state index in [0.29, 0.717) is 0 Å². The smallest absolute Gasteiger partial charge is 0.151 e. The Bertz CT molecular complexity index is 584. The van der Waals surface area contributed by atoms with E-state index in [1.807, 2.05) is 18.2 Å². The van der Waals surface area contributed by atoms with E-state index in [-0.39, 0.29) is 0 Å². The van der Waals surface area contributed by atoms with Crippen LogP contribution in [0.5, 0.6) is 0 Å². The van der Waals surface area contributed by atoms with Gasteiger partial charge in [-0.2, -0.15) is 0 Å². The van der Waals surface area contributed by atoms with Crippen molar-refractivity contribution in [2.45, 2.75) is 6.42 Å². The van der Waals surface area contributed by atoms with Crippen molar-refractivity contribution in [2.24, 2.45) is 11.8 Å². The van der Waals surface area contributed by atoms with E-state index in [2.05, 4.69) is 44.7 Å². The average Bonchev–Trinajstić information content (AvgIpc) is 2.55. The molecular formula is C17H20N4. The first-order valence-corrected chi connectivity index (χ1v) is 7.73. The van der Waals surface area contributed by atoms with Gasteiger partial charge in [0.2, 0.25) is 0 Å². The zero-order valence-electron chi connectivity index (χ0n) is 12.1. The Morgan fingerprint density at radius 3 is 2.33 bits per heavy atom. The lowest BCUT2D eigenvalue weighted by atomic mass is 9.86. The molecule has 1 aromatic heterocycles. The number of rotatable bonds is 2. The molecule has 2 unspecified atom stereocenters. The third kappa shape index (κ3) is 2.63. The second kappa shape index (κ2) is 5.45. The molecule has 1 N–H and O–H groups in total. The van der Waals surface area contributed by atoms with Crippen molar-refractivity contribution in [2.75, 3.05) is 31.1 Å². The van der Waals surface area contributed by atoms with Gasteiger partial charge in [-0.05, 0) is 43.5 Å². The number of aromatic nitrogens is 2. The number of benzene rings is 1. The molecule has 2 aliphatic rings. The monoisotopic (exact) mass is 280 g/mol. The van der Waals surface area contributed by atoms with Crippen LogP contribution in [0, 0.1) is 11.8 Å². The molecule has 4 heteroatoms. The molecule has 2 atom stereocenters. The average molecular weight is 280 g/mol. The Morgan fingerprint density at radius 1 is 0.905 bits per heavy atom. The van der Waals surface area contributed by atoms with Crippen molar-refractivity contribution in [1.29, 1.82) is 0 Å². The number of hydrogen-bond donors (Lipinski definition) is 1. The molecule has 0 aliphatic carbocycles. The van der Waals surface area contributed by atoms with E-state index < -0.39 is 0 Å². The molecule has 2 fully saturated rings. The van der Waals surface area contributed by atoms with Crippen molar-refractivity contribution < 1.29 is 0 Å². The van der Waals surface area contributed by atoms with E-state index in [4.69, 9.17) is 0 Å². The quantitative estimate of drug-likeness (QED) is 0.915. The van der Waals surface area contributed by atoms with Crippen LogP contribution in [-0.4, -0.2) is 36.4 Å². The second-order valence-corrected chi connectivity index (χ2v) is 6.17. The Hall–Kier alpha value is -1.94. The molecule has 4 nitrogen and oxygen atoms in total. The summed E-state index contributed by atoms with van der Waals surface area (Å²) in [4.78, 5) is 2.40. The molecule has 4 rings (SSSR count). The minimum absolute atomic E-state index is 0.757. The van der Waals surface area contributed by atoms with Gasteiger partial charge in [0.05, 0.1) is 5.69 Å². The van der Waals surface area contributed by atoms with Gasteiger partial charge in [0.15, 0.2) is 5.82 Å². The molecule has 2 aromatic rings. The normalized spacial score (nSPS) is 24.9. The molecule has 3 heterocycles. The standard InChI is InChI=1S/C17H20N4/c1-2-4-15(5-3-1)16-6-7-17(20-19-16)21-11-13-8-14(12-21)10-18-9-13/h1-7,13-14,18H,8-12H2. The van der Waals surface area contributed by atoms with Crippen molar-refractivity contribution in [3.63, 3.8) is 0 Å². The molecule has 0 amide bonds. The Balaban J connectivity index is 1.54. The molecule has 21 heavy (non-hydrogen) atoms. The maximum atomic E-state index is 4.46. The Labute approximate surface area is 125 Å². The van der Waals surface area contributed by atoms with Gasteiger partial charge in [-0.15, -0.1) is 10.2 Å². The molecular weight excluding hydrogens is 260 g/mol. The number of nitrogens with one attached hydrogen (secondary N) is 1. The third-order valence-corrected chi connectivity index (χ3v) is 4.53. The van der Waals surface area contributed by atoms with Gasteiger partial charge in [0, 0.05) is 18.7 Å². The van der Waals surface area contributed by atoms with Gasteiger partial charge in [-0.3, -0.25) is 0 Å². The van der Waals surface area contributed by atoms with Crippen LogP contribution in [0.1, 0.15) is 6.42 Å². The molecule has 1 aromatic carbocycles. The zero-order valence-corrected chi connectivity index (χ0v) is 12.1. The number of anilines is 1. The van der Waals surface area contributed by atoms with Crippen LogP contribution in [0.4, 0.5) is 5.82 Å². The predicted octanol–water partition coefficient (Wildman–Crippen LogP) is 2.19. The summed E-state index contributed by atoms with van der Waals surface area (Å²) in [6.45, 7) is 4.48. The Kier molecular flexibility index (Phi) is 3.31. The molecule has 0 radical (unpaired) electrons. The van der Waals surface area contributed by atoms with Gasteiger partial charge in [0.25, 0.3) is 0 Å². The highest BCUT2D eigenvalue weighted by Crippen LogP contribution is 2.27. The fourth-order valence-electron chi connectivity index (χ4n) is 3.55. The topological polar surface area (TPSA) is 41.0 Å². The summed E-state index contributed by atoms with van der Waals surface area (Å²) in [6.07, 6.45) is 1.36. The number of nitrogens with zero attached hydrogens (tertiary/aromatic N) is 3. The lowest BCUT2D eigenvalue weighted by Gasteiger charge is -2.42. The summed E-state index contributed by atoms with van der Waals surface area (Å²) in [5, 5.41) is 12.4. The van der Waals surface area contributed by atoms with Crippen molar-refractivity contribution in [3.05, 3.63) is 42.5 Å². The molecule has 0 saturated carbocycles. The minimum Gasteiger partial charge on any atom is -0.354 e.